The largest absolute Gasteiger partial charge is 0.338 e. The molecule has 7 nitrogen and oxygen atoms in total. The maximum absolute atomic E-state index is 12.6. The maximum Gasteiger partial charge on any atom is 0.315 e. The molecule has 0 saturated carbocycles. The van der Waals surface area contributed by atoms with E-state index in [2.05, 4.69) is 15.6 Å². The van der Waals surface area contributed by atoms with Crippen LogP contribution in [0.4, 0.5) is 4.79 Å². The molecule has 1 aliphatic heterocycles. The molecule has 160 valence electrons. The lowest BCUT2D eigenvalue weighted by atomic mass is 10.0. The standard InChI is InChI=1S/C24H26N4O3/c1-16-6-8-17(9-7-16)23(30)28-12-10-19(11-13-28)26-24(31)25-15-18-14-22(29)27-21-5-3-2-4-20(18)21/h2-9,14,19H,10-13,15H2,1H3,(H,27,29)(H2,25,26,31). The fourth-order valence-electron chi connectivity index (χ4n) is 3.94. The van der Waals surface area contributed by atoms with E-state index in [0.29, 0.717) is 31.5 Å². The number of benzene rings is 2. The van der Waals surface area contributed by atoms with Gasteiger partial charge in [-0.3, -0.25) is 9.59 Å². The van der Waals surface area contributed by atoms with Crippen LogP contribution >= 0.6 is 0 Å². The van der Waals surface area contributed by atoms with Gasteiger partial charge >= 0.3 is 6.03 Å². The van der Waals surface area contributed by atoms with E-state index < -0.39 is 0 Å². The summed E-state index contributed by atoms with van der Waals surface area (Å²) in [5.41, 5.74) is 3.14. The predicted molar refractivity (Wildman–Crippen MR) is 120 cm³/mol. The van der Waals surface area contributed by atoms with E-state index in [9.17, 15) is 14.4 Å². The lowest BCUT2D eigenvalue weighted by molar-refractivity contribution is 0.0708. The van der Waals surface area contributed by atoms with Crippen molar-refractivity contribution >= 4 is 22.8 Å². The Labute approximate surface area is 180 Å². The summed E-state index contributed by atoms with van der Waals surface area (Å²) < 4.78 is 0. The fourth-order valence-corrected chi connectivity index (χ4v) is 3.94. The third kappa shape index (κ3) is 4.94. The number of likely N-dealkylation sites (tertiary alicyclic amines) is 1. The number of fused-ring (bicyclic) bond motifs is 1. The zero-order valence-electron chi connectivity index (χ0n) is 17.5. The molecule has 2 heterocycles. The minimum absolute atomic E-state index is 0.0120. The number of hydrogen-bond acceptors (Lipinski definition) is 3. The number of rotatable bonds is 4. The van der Waals surface area contributed by atoms with E-state index >= 15 is 0 Å². The smallest absolute Gasteiger partial charge is 0.315 e. The van der Waals surface area contributed by atoms with Crippen molar-refractivity contribution in [3.63, 3.8) is 0 Å². The Hall–Kier alpha value is -3.61. The second-order valence-electron chi connectivity index (χ2n) is 7.96. The van der Waals surface area contributed by atoms with E-state index in [0.717, 1.165) is 22.0 Å². The summed E-state index contributed by atoms with van der Waals surface area (Å²) in [5.74, 6) is 0.0316. The molecule has 1 aromatic heterocycles. The van der Waals surface area contributed by atoms with Crippen molar-refractivity contribution in [1.29, 1.82) is 0 Å². The number of nitrogens with zero attached hydrogens (tertiary/aromatic N) is 1. The van der Waals surface area contributed by atoms with Crippen LogP contribution in [0.15, 0.2) is 59.4 Å². The van der Waals surface area contributed by atoms with Crippen molar-refractivity contribution in [2.75, 3.05) is 13.1 Å². The van der Waals surface area contributed by atoms with Crippen molar-refractivity contribution in [2.45, 2.75) is 32.4 Å². The van der Waals surface area contributed by atoms with Crippen molar-refractivity contribution in [3.05, 3.63) is 81.6 Å². The molecule has 0 unspecified atom stereocenters. The zero-order valence-corrected chi connectivity index (χ0v) is 17.5. The van der Waals surface area contributed by atoms with Crippen molar-refractivity contribution in [2.24, 2.45) is 0 Å². The third-order valence-electron chi connectivity index (χ3n) is 5.69. The highest BCUT2D eigenvalue weighted by Crippen LogP contribution is 2.16. The number of amides is 3. The Kier molecular flexibility index (Phi) is 6.02. The lowest BCUT2D eigenvalue weighted by Crippen LogP contribution is -2.49. The number of nitrogens with one attached hydrogen (secondary N) is 3. The van der Waals surface area contributed by atoms with Gasteiger partial charge in [0.15, 0.2) is 0 Å². The second-order valence-corrected chi connectivity index (χ2v) is 7.96. The molecular weight excluding hydrogens is 392 g/mol. The van der Waals surface area contributed by atoms with E-state index in [-0.39, 0.29) is 30.1 Å². The molecule has 3 aromatic rings. The van der Waals surface area contributed by atoms with Gasteiger partial charge in [-0.25, -0.2) is 4.79 Å². The van der Waals surface area contributed by atoms with Gasteiger partial charge in [0.1, 0.15) is 0 Å². The van der Waals surface area contributed by atoms with Crippen LogP contribution in [0.2, 0.25) is 0 Å². The number of carbonyl (C=O) groups is 2. The molecule has 3 N–H and O–H groups in total. The van der Waals surface area contributed by atoms with E-state index in [4.69, 9.17) is 0 Å². The monoisotopic (exact) mass is 418 g/mol. The van der Waals surface area contributed by atoms with Crippen LogP contribution in [0.3, 0.4) is 0 Å². The number of H-pyrrole nitrogens is 1. The van der Waals surface area contributed by atoms with Gasteiger partial charge in [-0.15, -0.1) is 0 Å². The van der Waals surface area contributed by atoms with Crippen molar-refractivity contribution < 1.29 is 9.59 Å². The van der Waals surface area contributed by atoms with Gasteiger partial charge in [-0.1, -0.05) is 35.9 Å². The van der Waals surface area contributed by atoms with Crippen LogP contribution in [0, 0.1) is 6.92 Å². The van der Waals surface area contributed by atoms with Gasteiger partial charge in [0.25, 0.3) is 5.91 Å². The molecule has 3 amide bonds. The van der Waals surface area contributed by atoms with Gasteiger partial charge in [0.05, 0.1) is 0 Å². The first-order valence-electron chi connectivity index (χ1n) is 10.5. The van der Waals surface area contributed by atoms with Gasteiger partial charge < -0.3 is 20.5 Å². The minimum Gasteiger partial charge on any atom is -0.338 e. The maximum atomic E-state index is 12.6. The number of para-hydroxylation sites is 1. The summed E-state index contributed by atoms with van der Waals surface area (Å²) in [5, 5.41) is 6.74. The van der Waals surface area contributed by atoms with Crippen LogP contribution in [0.25, 0.3) is 10.9 Å². The van der Waals surface area contributed by atoms with Crippen LogP contribution in [0.5, 0.6) is 0 Å². The highest BCUT2D eigenvalue weighted by Gasteiger charge is 2.24. The Morgan fingerprint density at radius 1 is 1.06 bits per heavy atom. The van der Waals surface area contributed by atoms with Gasteiger partial charge in [-0.2, -0.15) is 0 Å². The topological polar surface area (TPSA) is 94.3 Å². The lowest BCUT2D eigenvalue weighted by Gasteiger charge is -2.32. The molecule has 0 atom stereocenters. The van der Waals surface area contributed by atoms with E-state index in [1.807, 2.05) is 60.4 Å². The van der Waals surface area contributed by atoms with E-state index in [1.54, 1.807) is 0 Å². The molecule has 0 aliphatic carbocycles. The fraction of sp³-hybridized carbons (Fsp3) is 0.292. The molecule has 4 rings (SSSR count). The van der Waals surface area contributed by atoms with Crippen molar-refractivity contribution in [3.8, 4) is 0 Å². The highest BCUT2D eigenvalue weighted by atomic mass is 16.2. The number of urea groups is 1. The first-order chi connectivity index (χ1) is 15.0. The van der Waals surface area contributed by atoms with Crippen LogP contribution in [-0.2, 0) is 6.54 Å². The van der Waals surface area contributed by atoms with Gasteiger partial charge in [0.2, 0.25) is 5.56 Å². The summed E-state index contributed by atoms with van der Waals surface area (Å²) in [6.45, 7) is 3.47. The van der Waals surface area contributed by atoms with Crippen molar-refractivity contribution in [1.82, 2.24) is 20.5 Å². The summed E-state index contributed by atoms with van der Waals surface area (Å²) >= 11 is 0. The molecule has 31 heavy (non-hydrogen) atoms. The molecular formula is C24H26N4O3. The Balaban J connectivity index is 1.28. The van der Waals surface area contributed by atoms with Crippen LogP contribution < -0.4 is 16.2 Å². The number of pyridine rings is 1. The minimum atomic E-state index is -0.271. The number of aryl methyl sites for hydroxylation is 1. The normalized spacial score (nSPS) is 14.4. The molecule has 7 heteroatoms. The highest BCUT2D eigenvalue weighted by molar-refractivity contribution is 5.94. The number of aromatic nitrogens is 1. The molecule has 1 fully saturated rings. The molecule has 1 saturated heterocycles. The summed E-state index contributed by atoms with van der Waals surface area (Å²) in [6, 6.07) is 16.4. The third-order valence-corrected chi connectivity index (χ3v) is 5.69. The van der Waals surface area contributed by atoms with Crippen LogP contribution in [-0.4, -0.2) is 41.0 Å². The number of carbonyl (C=O) groups excluding carboxylic acids is 2. The Morgan fingerprint density at radius 2 is 1.77 bits per heavy atom. The zero-order chi connectivity index (χ0) is 21.8. The first-order valence-corrected chi connectivity index (χ1v) is 10.5. The Morgan fingerprint density at radius 3 is 2.52 bits per heavy atom. The van der Waals surface area contributed by atoms with Gasteiger partial charge in [-0.05, 0) is 43.5 Å². The quantitative estimate of drug-likeness (QED) is 0.608. The molecule has 1 aliphatic rings. The van der Waals surface area contributed by atoms with Crippen LogP contribution in [0.1, 0.15) is 34.3 Å². The van der Waals surface area contributed by atoms with Gasteiger partial charge in [0, 0.05) is 48.2 Å². The number of piperidine rings is 1. The SMILES string of the molecule is Cc1ccc(C(=O)N2CCC(NC(=O)NCc3cc(=O)[nH]c4ccccc34)CC2)cc1. The summed E-state index contributed by atoms with van der Waals surface area (Å²) in [7, 11) is 0. The molecule has 0 bridgehead atoms. The first kappa shape index (κ1) is 20.7. The molecule has 0 spiro atoms. The average molecular weight is 418 g/mol. The predicted octanol–water partition coefficient (Wildman–Crippen LogP) is 2.94. The number of aromatic amines is 1. The summed E-state index contributed by atoms with van der Waals surface area (Å²) in [4.78, 5) is 41.5. The van der Waals surface area contributed by atoms with E-state index in [1.165, 1.54) is 6.07 Å². The average Bonchev–Trinajstić information content (AvgIpc) is 2.78. The molecule has 2 aromatic carbocycles. The Bertz CT molecular complexity index is 1150. The second kappa shape index (κ2) is 9.04. The molecule has 0 radical (unpaired) electrons. The number of hydrogen-bond donors (Lipinski definition) is 3. The summed E-state index contributed by atoms with van der Waals surface area (Å²) in [6.07, 6.45) is 1.41.